The number of benzene rings is 1. The van der Waals surface area contributed by atoms with Gasteiger partial charge in [0.25, 0.3) is 0 Å². The molecule has 0 aliphatic rings. The van der Waals surface area contributed by atoms with Gasteiger partial charge in [0.15, 0.2) is 0 Å². The van der Waals surface area contributed by atoms with Crippen LogP contribution in [0.1, 0.15) is 31.4 Å². The molecular weight excluding hydrogens is 329 g/mol. The first-order valence-electron chi connectivity index (χ1n) is 9.08. The lowest BCUT2D eigenvalue weighted by molar-refractivity contribution is 0.616. The van der Waals surface area contributed by atoms with E-state index in [0.717, 1.165) is 41.5 Å². The molecule has 0 spiro atoms. The Hall–Kier alpha value is -2.47. The van der Waals surface area contributed by atoms with E-state index >= 15 is 0 Å². The molecule has 0 aliphatic heterocycles. The molecule has 0 aliphatic carbocycles. The van der Waals surface area contributed by atoms with E-state index in [1.165, 1.54) is 0 Å². The number of anilines is 2. The first-order chi connectivity index (χ1) is 12.5. The van der Waals surface area contributed by atoms with Crippen molar-refractivity contribution in [3.8, 4) is 0 Å². The molecule has 0 amide bonds. The molecule has 2 heterocycles. The third kappa shape index (κ3) is 3.55. The van der Waals surface area contributed by atoms with Crippen molar-refractivity contribution in [2.45, 2.75) is 33.2 Å². The fraction of sp³-hybridized carbons (Fsp3) is 0.400. The molecule has 3 rings (SSSR count). The molecule has 1 aromatic carbocycles. The molecular formula is C20H26FN5. The molecule has 0 bridgehead atoms. The van der Waals surface area contributed by atoms with E-state index in [9.17, 15) is 4.39 Å². The van der Waals surface area contributed by atoms with Crippen molar-refractivity contribution in [1.29, 1.82) is 0 Å². The fourth-order valence-electron chi connectivity index (χ4n) is 3.19. The third-order valence-electron chi connectivity index (χ3n) is 4.62. The number of aromatic nitrogens is 3. The summed E-state index contributed by atoms with van der Waals surface area (Å²) in [5.74, 6) is 0.485. The van der Waals surface area contributed by atoms with Gasteiger partial charge in [-0.1, -0.05) is 19.9 Å². The van der Waals surface area contributed by atoms with Gasteiger partial charge in [0.05, 0.1) is 23.7 Å². The number of nitrogens with zero attached hydrogens (tertiary/aromatic N) is 4. The quantitative estimate of drug-likeness (QED) is 0.652. The van der Waals surface area contributed by atoms with E-state index in [2.05, 4.69) is 28.3 Å². The molecule has 3 aromatic rings. The molecule has 0 saturated heterocycles. The number of rotatable bonds is 7. The number of hydrogen-bond acceptors (Lipinski definition) is 4. The molecule has 26 heavy (non-hydrogen) atoms. The van der Waals surface area contributed by atoms with Crippen LogP contribution in [0.4, 0.5) is 15.9 Å². The van der Waals surface area contributed by atoms with Crippen LogP contribution in [-0.4, -0.2) is 28.1 Å². The van der Waals surface area contributed by atoms with Crippen LogP contribution >= 0.6 is 0 Å². The van der Waals surface area contributed by atoms with Crippen LogP contribution in [0.15, 0.2) is 30.7 Å². The molecule has 6 heteroatoms. The summed E-state index contributed by atoms with van der Waals surface area (Å²) in [5.41, 5.74) is 4.34. The summed E-state index contributed by atoms with van der Waals surface area (Å²) >= 11 is 0. The van der Waals surface area contributed by atoms with Crippen LogP contribution < -0.4 is 10.2 Å². The highest BCUT2D eigenvalue weighted by atomic mass is 19.1. The van der Waals surface area contributed by atoms with Crippen LogP contribution in [-0.2, 0) is 20.0 Å². The molecule has 0 atom stereocenters. The summed E-state index contributed by atoms with van der Waals surface area (Å²) in [4.78, 5) is 10.6. The van der Waals surface area contributed by atoms with E-state index in [1.807, 2.05) is 36.6 Å². The largest absolute Gasteiger partial charge is 0.334 e. The van der Waals surface area contributed by atoms with Crippen LogP contribution in [0.2, 0.25) is 0 Å². The van der Waals surface area contributed by atoms with Crippen molar-refractivity contribution >= 4 is 22.5 Å². The van der Waals surface area contributed by atoms with Gasteiger partial charge in [-0.05, 0) is 36.6 Å². The number of aryl methyl sites for hydroxylation is 2. The third-order valence-corrected chi connectivity index (χ3v) is 4.62. The highest BCUT2D eigenvalue weighted by Crippen LogP contribution is 2.31. The number of hydrogen-bond donors (Lipinski definition) is 1. The summed E-state index contributed by atoms with van der Waals surface area (Å²) in [6.07, 6.45) is 5.30. The van der Waals surface area contributed by atoms with E-state index in [4.69, 9.17) is 0 Å². The topological polar surface area (TPSA) is 46.0 Å². The van der Waals surface area contributed by atoms with Crippen molar-refractivity contribution < 1.29 is 4.39 Å². The van der Waals surface area contributed by atoms with Crippen molar-refractivity contribution in [2.24, 2.45) is 7.05 Å². The minimum Gasteiger partial charge on any atom is -0.334 e. The summed E-state index contributed by atoms with van der Waals surface area (Å²) in [5, 5.41) is 3.33. The van der Waals surface area contributed by atoms with Crippen molar-refractivity contribution in [3.63, 3.8) is 0 Å². The van der Waals surface area contributed by atoms with Gasteiger partial charge in [0, 0.05) is 26.7 Å². The van der Waals surface area contributed by atoms with Crippen molar-refractivity contribution in [3.05, 3.63) is 47.7 Å². The Labute approximate surface area is 153 Å². The predicted octanol–water partition coefficient (Wildman–Crippen LogP) is 3.94. The van der Waals surface area contributed by atoms with E-state index in [1.54, 1.807) is 18.6 Å². The number of halogens is 1. The summed E-state index contributed by atoms with van der Waals surface area (Å²) in [6.45, 7) is 5.78. The molecule has 0 fully saturated rings. The van der Waals surface area contributed by atoms with Gasteiger partial charge in [-0.15, -0.1) is 0 Å². The fourth-order valence-corrected chi connectivity index (χ4v) is 3.19. The zero-order valence-electron chi connectivity index (χ0n) is 15.9. The zero-order valence-corrected chi connectivity index (χ0v) is 15.9. The van der Waals surface area contributed by atoms with Gasteiger partial charge in [0.2, 0.25) is 0 Å². The molecule has 5 nitrogen and oxygen atoms in total. The lowest BCUT2D eigenvalue weighted by Gasteiger charge is -2.23. The number of fused-ring (bicyclic) bond motifs is 1. The van der Waals surface area contributed by atoms with Gasteiger partial charge in [-0.3, -0.25) is 0 Å². The lowest BCUT2D eigenvalue weighted by atomic mass is 10.0. The number of nitrogens with one attached hydrogen (secondary N) is 1. The molecule has 2 aromatic heterocycles. The second-order valence-corrected chi connectivity index (χ2v) is 6.56. The molecule has 0 radical (unpaired) electrons. The Morgan fingerprint density at radius 1 is 1.19 bits per heavy atom. The summed E-state index contributed by atoms with van der Waals surface area (Å²) in [7, 11) is 3.80. The Bertz CT molecular complexity index is 903. The van der Waals surface area contributed by atoms with Gasteiger partial charge in [0.1, 0.15) is 17.2 Å². The Morgan fingerprint density at radius 2 is 2.00 bits per heavy atom. The maximum atomic E-state index is 15.0. The zero-order chi connectivity index (χ0) is 18.7. The van der Waals surface area contributed by atoms with Gasteiger partial charge in [-0.25, -0.2) is 14.4 Å². The second-order valence-electron chi connectivity index (χ2n) is 6.56. The lowest BCUT2D eigenvalue weighted by Crippen LogP contribution is -2.17. The smallest absolute Gasteiger partial charge is 0.147 e. The monoisotopic (exact) mass is 355 g/mol. The summed E-state index contributed by atoms with van der Waals surface area (Å²) in [6, 6.07) is 5.65. The standard InChI is InChI=1S/C20H26FN5/c1-5-7-22-11-14-8-15(6-2)20(16(21)9-14)26(4)19-10-18-17(12-23-19)24-13-25(18)3/h8-10,12-13,22H,5-7,11H2,1-4H3. The first kappa shape index (κ1) is 18.3. The van der Waals surface area contributed by atoms with Gasteiger partial charge < -0.3 is 14.8 Å². The Kier molecular flexibility index (Phi) is 5.52. The normalized spacial score (nSPS) is 11.3. The first-order valence-corrected chi connectivity index (χ1v) is 9.08. The minimum absolute atomic E-state index is 0.216. The molecule has 138 valence electrons. The average Bonchev–Trinajstić information content (AvgIpc) is 3.01. The molecule has 1 N–H and O–H groups in total. The van der Waals surface area contributed by atoms with Crippen LogP contribution in [0.5, 0.6) is 0 Å². The van der Waals surface area contributed by atoms with Crippen molar-refractivity contribution in [2.75, 3.05) is 18.5 Å². The summed E-state index contributed by atoms with van der Waals surface area (Å²) < 4.78 is 16.9. The number of pyridine rings is 1. The SMILES string of the molecule is CCCNCc1cc(F)c(N(C)c2cc3c(cn2)ncn3C)c(CC)c1. The number of imidazole rings is 1. The predicted molar refractivity (Wildman–Crippen MR) is 104 cm³/mol. The van der Waals surface area contributed by atoms with Crippen LogP contribution in [0.25, 0.3) is 11.0 Å². The molecule has 0 saturated carbocycles. The van der Waals surface area contributed by atoms with E-state index in [-0.39, 0.29) is 5.82 Å². The highest BCUT2D eigenvalue weighted by molar-refractivity contribution is 5.79. The second kappa shape index (κ2) is 7.83. The van der Waals surface area contributed by atoms with Gasteiger partial charge >= 0.3 is 0 Å². The van der Waals surface area contributed by atoms with Crippen LogP contribution in [0.3, 0.4) is 0 Å². The Balaban J connectivity index is 1.96. The average molecular weight is 355 g/mol. The van der Waals surface area contributed by atoms with Crippen LogP contribution in [0, 0.1) is 5.82 Å². The minimum atomic E-state index is -0.216. The highest BCUT2D eigenvalue weighted by Gasteiger charge is 2.17. The Morgan fingerprint density at radius 3 is 2.73 bits per heavy atom. The van der Waals surface area contributed by atoms with E-state index < -0.39 is 0 Å². The molecule has 0 unspecified atom stereocenters. The van der Waals surface area contributed by atoms with Gasteiger partial charge in [-0.2, -0.15) is 0 Å². The maximum Gasteiger partial charge on any atom is 0.147 e. The maximum absolute atomic E-state index is 15.0. The van der Waals surface area contributed by atoms with Crippen molar-refractivity contribution in [1.82, 2.24) is 19.9 Å². The van der Waals surface area contributed by atoms with E-state index in [0.29, 0.717) is 18.1 Å².